The van der Waals surface area contributed by atoms with Crippen molar-refractivity contribution in [2.75, 3.05) is 24.7 Å². The van der Waals surface area contributed by atoms with Gasteiger partial charge in [0.2, 0.25) is 0 Å². The van der Waals surface area contributed by atoms with Crippen molar-refractivity contribution >= 4 is 58.6 Å². The van der Waals surface area contributed by atoms with E-state index in [2.05, 4.69) is 15.2 Å². The first-order valence-corrected chi connectivity index (χ1v) is 8.47. The number of methoxy groups -OCH3 is 1. The predicted molar refractivity (Wildman–Crippen MR) is 94.8 cm³/mol. The molecule has 1 aromatic carbocycles. The standard InChI is InChI=1S/C14H16ClN3O2S2/c1-20-13(19)9-22-12-8-10(4-5-11(12)15)17-14(21)18-7-3-2-6-16-18/h4-6,8H,2-3,7,9H2,1H3,(H,17,21). The minimum atomic E-state index is -0.294. The van der Waals surface area contributed by atoms with Crippen molar-refractivity contribution < 1.29 is 9.53 Å². The molecule has 22 heavy (non-hydrogen) atoms. The fourth-order valence-corrected chi connectivity index (χ4v) is 3.12. The average molecular weight is 358 g/mol. The molecule has 1 N–H and O–H groups in total. The summed E-state index contributed by atoms with van der Waals surface area (Å²) in [6.07, 6.45) is 3.87. The van der Waals surface area contributed by atoms with Crippen LogP contribution in [0.1, 0.15) is 12.8 Å². The monoisotopic (exact) mass is 357 g/mol. The number of benzene rings is 1. The summed E-state index contributed by atoms with van der Waals surface area (Å²) < 4.78 is 4.62. The Kier molecular flexibility index (Phi) is 6.48. The van der Waals surface area contributed by atoms with Crippen molar-refractivity contribution in [1.82, 2.24) is 5.01 Å². The molecule has 1 aromatic rings. The van der Waals surface area contributed by atoms with Gasteiger partial charge in [0, 0.05) is 23.3 Å². The Balaban J connectivity index is 2.02. The largest absolute Gasteiger partial charge is 0.468 e. The molecule has 1 heterocycles. The second-order valence-electron chi connectivity index (χ2n) is 4.50. The van der Waals surface area contributed by atoms with Gasteiger partial charge in [-0.1, -0.05) is 11.6 Å². The summed E-state index contributed by atoms with van der Waals surface area (Å²) in [7, 11) is 1.36. The van der Waals surface area contributed by atoms with Crippen LogP contribution >= 0.6 is 35.6 Å². The Morgan fingerprint density at radius 1 is 1.59 bits per heavy atom. The van der Waals surface area contributed by atoms with E-state index in [0.717, 1.165) is 30.0 Å². The third-order valence-electron chi connectivity index (χ3n) is 2.91. The molecule has 2 rings (SSSR count). The fourth-order valence-electron chi connectivity index (χ4n) is 1.78. The summed E-state index contributed by atoms with van der Waals surface area (Å²) >= 11 is 12.8. The lowest BCUT2D eigenvalue weighted by molar-refractivity contribution is -0.137. The van der Waals surface area contributed by atoms with Crippen LogP contribution in [0.2, 0.25) is 5.02 Å². The zero-order chi connectivity index (χ0) is 15.9. The Hall–Kier alpha value is -1.31. The van der Waals surface area contributed by atoms with Crippen LogP contribution in [0.3, 0.4) is 0 Å². The van der Waals surface area contributed by atoms with Crippen molar-refractivity contribution in [1.29, 1.82) is 0 Å². The number of esters is 1. The minimum Gasteiger partial charge on any atom is -0.468 e. The van der Waals surface area contributed by atoms with E-state index in [9.17, 15) is 4.79 Å². The number of hydrazone groups is 1. The van der Waals surface area contributed by atoms with E-state index < -0.39 is 0 Å². The van der Waals surface area contributed by atoms with Crippen molar-refractivity contribution in [3.63, 3.8) is 0 Å². The lowest BCUT2D eigenvalue weighted by atomic mass is 10.3. The van der Waals surface area contributed by atoms with Gasteiger partial charge in [-0.05, 0) is 43.3 Å². The first kappa shape index (κ1) is 17.1. The van der Waals surface area contributed by atoms with Gasteiger partial charge in [-0.2, -0.15) is 5.10 Å². The second-order valence-corrected chi connectivity index (χ2v) is 6.31. The summed E-state index contributed by atoms with van der Waals surface area (Å²) in [5.74, 6) is -0.0850. The summed E-state index contributed by atoms with van der Waals surface area (Å²) in [5, 5.41) is 10.3. The van der Waals surface area contributed by atoms with Crippen LogP contribution in [0, 0.1) is 0 Å². The molecule has 0 atom stereocenters. The predicted octanol–water partition coefficient (Wildman–Crippen LogP) is 3.38. The van der Waals surface area contributed by atoms with E-state index in [1.807, 2.05) is 18.3 Å². The number of hydrogen-bond acceptors (Lipinski definition) is 5. The molecule has 1 aliphatic heterocycles. The molecule has 0 saturated carbocycles. The molecule has 5 nitrogen and oxygen atoms in total. The van der Waals surface area contributed by atoms with E-state index >= 15 is 0 Å². The highest BCUT2D eigenvalue weighted by Crippen LogP contribution is 2.30. The maximum absolute atomic E-state index is 11.2. The van der Waals surface area contributed by atoms with Crippen molar-refractivity contribution in [3.05, 3.63) is 23.2 Å². The Bertz CT molecular complexity index is 595. The molecular formula is C14H16ClN3O2S2. The van der Waals surface area contributed by atoms with Gasteiger partial charge in [0.25, 0.3) is 0 Å². The fraction of sp³-hybridized carbons (Fsp3) is 0.357. The van der Waals surface area contributed by atoms with E-state index in [1.54, 1.807) is 11.1 Å². The van der Waals surface area contributed by atoms with E-state index in [-0.39, 0.29) is 11.7 Å². The van der Waals surface area contributed by atoms with Crippen LogP contribution in [0.4, 0.5) is 5.69 Å². The van der Waals surface area contributed by atoms with Gasteiger partial charge in [0.05, 0.1) is 17.9 Å². The second kappa shape index (κ2) is 8.36. The van der Waals surface area contributed by atoms with Crippen LogP contribution in [0.15, 0.2) is 28.2 Å². The zero-order valence-corrected chi connectivity index (χ0v) is 14.4. The molecule has 0 aliphatic carbocycles. The average Bonchev–Trinajstić information content (AvgIpc) is 2.55. The van der Waals surface area contributed by atoms with Crippen LogP contribution in [-0.2, 0) is 9.53 Å². The van der Waals surface area contributed by atoms with Crippen LogP contribution in [-0.4, -0.2) is 41.7 Å². The summed E-state index contributed by atoms with van der Waals surface area (Å²) in [4.78, 5) is 12.0. The van der Waals surface area contributed by atoms with Gasteiger partial charge in [-0.15, -0.1) is 11.8 Å². The van der Waals surface area contributed by atoms with Crippen LogP contribution < -0.4 is 5.32 Å². The molecular weight excluding hydrogens is 342 g/mol. The molecule has 0 amide bonds. The van der Waals surface area contributed by atoms with Gasteiger partial charge in [-0.3, -0.25) is 4.79 Å². The van der Waals surface area contributed by atoms with Crippen LogP contribution in [0.25, 0.3) is 0 Å². The number of nitrogens with one attached hydrogen (secondary N) is 1. The van der Waals surface area contributed by atoms with E-state index in [1.165, 1.54) is 18.9 Å². The van der Waals surface area contributed by atoms with E-state index in [0.29, 0.717) is 10.1 Å². The van der Waals surface area contributed by atoms with Gasteiger partial charge < -0.3 is 10.1 Å². The molecule has 0 spiro atoms. The topological polar surface area (TPSA) is 53.9 Å². The number of thiocarbonyl (C=S) groups is 1. The maximum Gasteiger partial charge on any atom is 0.315 e. The smallest absolute Gasteiger partial charge is 0.315 e. The first-order chi connectivity index (χ1) is 10.6. The summed E-state index contributed by atoms with van der Waals surface area (Å²) in [6.45, 7) is 0.805. The highest BCUT2D eigenvalue weighted by atomic mass is 35.5. The zero-order valence-electron chi connectivity index (χ0n) is 12.0. The lowest BCUT2D eigenvalue weighted by Crippen LogP contribution is -2.33. The third-order valence-corrected chi connectivity index (χ3v) is 4.70. The van der Waals surface area contributed by atoms with E-state index in [4.69, 9.17) is 23.8 Å². The SMILES string of the molecule is COC(=O)CSc1cc(NC(=S)N2CCCC=N2)ccc1Cl. The number of ether oxygens (including phenoxy) is 1. The highest BCUT2D eigenvalue weighted by molar-refractivity contribution is 8.00. The molecule has 0 fully saturated rings. The molecule has 1 aliphatic rings. The normalized spacial score (nSPS) is 13.8. The highest BCUT2D eigenvalue weighted by Gasteiger charge is 2.12. The Morgan fingerprint density at radius 3 is 3.09 bits per heavy atom. The summed E-state index contributed by atoms with van der Waals surface area (Å²) in [5.41, 5.74) is 0.808. The maximum atomic E-state index is 11.2. The molecule has 0 bridgehead atoms. The summed E-state index contributed by atoms with van der Waals surface area (Å²) in [6, 6.07) is 5.46. The number of anilines is 1. The Morgan fingerprint density at radius 2 is 2.41 bits per heavy atom. The lowest BCUT2D eigenvalue weighted by Gasteiger charge is -2.23. The van der Waals surface area contributed by atoms with Gasteiger partial charge in [0.15, 0.2) is 5.11 Å². The molecule has 0 unspecified atom stereocenters. The molecule has 118 valence electrons. The molecule has 0 radical (unpaired) electrons. The van der Waals surface area contributed by atoms with Gasteiger partial charge in [-0.25, -0.2) is 5.01 Å². The quantitative estimate of drug-likeness (QED) is 0.506. The molecule has 0 saturated heterocycles. The first-order valence-electron chi connectivity index (χ1n) is 6.70. The Labute approximate surface area is 144 Å². The van der Waals surface area contributed by atoms with Gasteiger partial charge >= 0.3 is 5.97 Å². The van der Waals surface area contributed by atoms with Crippen LogP contribution in [0.5, 0.6) is 0 Å². The number of thioether (sulfide) groups is 1. The number of halogens is 1. The number of carbonyl (C=O) groups is 1. The minimum absolute atomic E-state index is 0.209. The number of carbonyl (C=O) groups excluding carboxylic acids is 1. The molecule has 0 aromatic heterocycles. The van der Waals surface area contributed by atoms with Crippen molar-refractivity contribution in [3.8, 4) is 0 Å². The van der Waals surface area contributed by atoms with Gasteiger partial charge in [0.1, 0.15) is 0 Å². The van der Waals surface area contributed by atoms with Crippen molar-refractivity contribution in [2.45, 2.75) is 17.7 Å². The van der Waals surface area contributed by atoms with Crippen molar-refractivity contribution in [2.24, 2.45) is 5.10 Å². The molecule has 8 heteroatoms. The third kappa shape index (κ3) is 4.86. The number of nitrogens with zero attached hydrogens (tertiary/aromatic N) is 2. The number of rotatable bonds is 4. The number of hydrogen-bond donors (Lipinski definition) is 1.